The van der Waals surface area contributed by atoms with E-state index in [-0.39, 0.29) is 18.2 Å². The number of ether oxygens (including phenoxy) is 1. The largest absolute Gasteiger partial charge is 0.464 e. The van der Waals surface area contributed by atoms with Crippen LogP contribution >= 0.6 is 0 Å². The van der Waals surface area contributed by atoms with Crippen LogP contribution in [0.3, 0.4) is 0 Å². The average Bonchev–Trinajstić information content (AvgIpc) is 2.61. The van der Waals surface area contributed by atoms with Gasteiger partial charge in [0.1, 0.15) is 6.67 Å². The van der Waals surface area contributed by atoms with Crippen LogP contribution in [0.5, 0.6) is 0 Å². The van der Waals surface area contributed by atoms with Crippen molar-refractivity contribution in [2.45, 2.75) is 0 Å². The summed E-state index contributed by atoms with van der Waals surface area (Å²) >= 11 is 0. The van der Waals surface area contributed by atoms with Crippen molar-refractivity contribution < 1.29 is 9.53 Å². The Kier molecular flexibility index (Phi) is 3.27. The summed E-state index contributed by atoms with van der Waals surface area (Å²) in [5.74, 6) is -0.329. The Hall–Kier alpha value is -1.79. The predicted octanol–water partition coefficient (Wildman–Crippen LogP) is -0.101. The fourth-order valence-corrected chi connectivity index (χ4v) is 0.782. The third kappa shape index (κ3) is 2.35. The molecule has 7 heteroatoms. The summed E-state index contributed by atoms with van der Waals surface area (Å²) in [6, 6.07) is 0. The summed E-state index contributed by atoms with van der Waals surface area (Å²) < 4.78 is 4.51. The van der Waals surface area contributed by atoms with E-state index in [2.05, 4.69) is 25.1 Å². The van der Waals surface area contributed by atoms with Crippen LogP contribution in [0.4, 0.5) is 0 Å². The molecule has 0 radical (unpaired) electrons. The highest BCUT2D eigenvalue weighted by atomic mass is 16.5. The Labute approximate surface area is 81.2 Å². The highest BCUT2D eigenvalue weighted by molar-refractivity contribution is 6.66. The minimum atomic E-state index is -0.543. The molecule has 0 atom stereocenters. The van der Waals surface area contributed by atoms with Gasteiger partial charge >= 0.3 is 5.97 Å². The van der Waals surface area contributed by atoms with Gasteiger partial charge in [0.05, 0.1) is 7.11 Å². The molecule has 1 aliphatic rings. The standard InChI is InChI=1S/C7H11N5O2/c1-12(2)11-10-6-5(7(13)14-3)8-4-9-6/h4H2,1-3H3. The van der Waals surface area contributed by atoms with Gasteiger partial charge in [-0.3, -0.25) is 10.0 Å². The lowest BCUT2D eigenvalue weighted by Crippen LogP contribution is -2.22. The number of hydrogen-bond donors (Lipinski definition) is 0. The van der Waals surface area contributed by atoms with E-state index in [1.165, 1.54) is 12.1 Å². The first-order valence-electron chi connectivity index (χ1n) is 3.91. The number of nitrogens with zero attached hydrogens (tertiary/aromatic N) is 5. The zero-order valence-corrected chi connectivity index (χ0v) is 8.26. The zero-order chi connectivity index (χ0) is 10.6. The molecule has 1 heterocycles. The van der Waals surface area contributed by atoms with Crippen LogP contribution in [0.2, 0.25) is 0 Å². The first kappa shape index (κ1) is 10.3. The Morgan fingerprint density at radius 2 is 2.21 bits per heavy atom. The lowest BCUT2D eigenvalue weighted by Gasteiger charge is -2.01. The van der Waals surface area contributed by atoms with Crippen LogP contribution in [0.25, 0.3) is 0 Å². The quantitative estimate of drug-likeness (QED) is 0.352. The number of carbonyl (C=O) groups is 1. The maximum Gasteiger partial charge on any atom is 0.360 e. The van der Waals surface area contributed by atoms with Gasteiger partial charge in [0.15, 0.2) is 5.71 Å². The van der Waals surface area contributed by atoms with Crippen molar-refractivity contribution in [3.63, 3.8) is 0 Å². The summed E-state index contributed by atoms with van der Waals surface area (Å²) in [5.41, 5.74) is 0.123. The third-order valence-electron chi connectivity index (χ3n) is 1.36. The molecule has 0 saturated carbocycles. The average molecular weight is 197 g/mol. The van der Waals surface area contributed by atoms with Gasteiger partial charge in [-0.2, -0.15) is 0 Å². The fourth-order valence-electron chi connectivity index (χ4n) is 0.782. The Morgan fingerprint density at radius 1 is 1.50 bits per heavy atom. The lowest BCUT2D eigenvalue weighted by molar-refractivity contribution is -0.132. The van der Waals surface area contributed by atoms with Crippen molar-refractivity contribution in [3.05, 3.63) is 0 Å². The number of aliphatic imine (C=N–C) groups is 2. The second kappa shape index (κ2) is 4.45. The number of amidine groups is 1. The number of esters is 1. The van der Waals surface area contributed by atoms with Crippen molar-refractivity contribution in [1.29, 1.82) is 0 Å². The van der Waals surface area contributed by atoms with E-state index in [0.717, 1.165) is 0 Å². The summed E-state index contributed by atoms with van der Waals surface area (Å²) in [5, 5.41) is 8.95. The van der Waals surface area contributed by atoms with Crippen molar-refractivity contribution in [3.8, 4) is 0 Å². The fraction of sp³-hybridized carbons (Fsp3) is 0.571. The van der Waals surface area contributed by atoms with E-state index in [0.29, 0.717) is 0 Å². The van der Waals surface area contributed by atoms with Gasteiger partial charge < -0.3 is 4.74 Å². The minimum absolute atomic E-state index is 0.123. The maximum absolute atomic E-state index is 11.1. The molecule has 1 aliphatic heterocycles. The van der Waals surface area contributed by atoms with E-state index in [4.69, 9.17) is 0 Å². The third-order valence-corrected chi connectivity index (χ3v) is 1.36. The van der Waals surface area contributed by atoms with Gasteiger partial charge in [-0.1, -0.05) is 5.22 Å². The second-order valence-corrected chi connectivity index (χ2v) is 2.66. The van der Waals surface area contributed by atoms with Crippen molar-refractivity contribution in [1.82, 2.24) is 5.01 Å². The summed E-state index contributed by atoms with van der Waals surface area (Å²) in [6.45, 7) is 0.201. The van der Waals surface area contributed by atoms with Crippen LogP contribution in [0, 0.1) is 0 Å². The van der Waals surface area contributed by atoms with Crippen LogP contribution in [0.15, 0.2) is 20.3 Å². The SMILES string of the molecule is COC(=O)C1=NCN=C1N=NN(C)C. The number of carbonyl (C=O) groups excluding carboxylic acids is 1. The smallest absolute Gasteiger partial charge is 0.360 e. The molecule has 0 fully saturated rings. The summed E-state index contributed by atoms with van der Waals surface area (Å²) in [7, 11) is 4.71. The van der Waals surface area contributed by atoms with Crippen LogP contribution in [0.1, 0.15) is 0 Å². The number of methoxy groups -OCH3 is 1. The van der Waals surface area contributed by atoms with Gasteiger partial charge in [0, 0.05) is 14.1 Å². The normalized spacial score (nSPS) is 15.4. The Morgan fingerprint density at radius 3 is 2.79 bits per heavy atom. The van der Waals surface area contributed by atoms with E-state index in [1.54, 1.807) is 14.1 Å². The molecular weight excluding hydrogens is 186 g/mol. The van der Waals surface area contributed by atoms with E-state index < -0.39 is 5.97 Å². The van der Waals surface area contributed by atoms with Gasteiger partial charge in [-0.15, -0.1) is 5.11 Å². The predicted molar refractivity (Wildman–Crippen MR) is 50.3 cm³/mol. The molecular formula is C7H11N5O2. The first-order chi connectivity index (χ1) is 6.65. The molecule has 0 saturated heterocycles. The number of hydrogen-bond acceptors (Lipinski definition) is 6. The highest BCUT2D eigenvalue weighted by Crippen LogP contribution is 2.00. The van der Waals surface area contributed by atoms with Gasteiger partial charge in [-0.05, 0) is 0 Å². The molecule has 14 heavy (non-hydrogen) atoms. The summed E-state index contributed by atoms with van der Waals surface area (Å²) in [6.07, 6.45) is 0. The van der Waals surface area contributed by atoms with E-state index >= 15 is 0 Å². The van der Waals surface area contributed by atoms with Gasteiger partial charge in [0.2, 0.25) is 5.84 Å². The van der Waals surface area contributed by atoms with E-state index in [1.807, 2.05) is 0 Å². The van der Waals surface area contributed by atoms with Crippen LogP contribution < -0.4 is 0 Å². The molecule has 7 nitrogen and oxygen atoms in total. The molecule has 0 aromatic carbocycles. The number of rotatable bonds is 2. The Balaban J connectivity index is 2.72. The zero-order valence-electron chi connectivity index (χ0n) is 8.26. The van der Waals surface area contributed by atoms with Crippen LogP contribution in [-0.2, 0) is 9.53 Å². The molecule has 0 aromatic heterocycles. The first-order valence-corrected chi connectivity index (χ1v) is 3.91. The van der Waals surface area contributed by atoms with Crippen molar-refractivity contribution in [2.24, 2.45) is 20.3 Å². The molecule has 0 spiro atoms. The highest BCUT2D eigenvalue weighted by Gasteiger charge is 2.22. The van der Waals surface area contributed by atoms with Crippen molar-refractivity contribution >= 4 is 17.5 Å². The molecule has 0 aliphatic carbocycles. The topological polar surface area (TPSA) is 79.0 Å². The molecule has 0 bridgehead atoms. The van der Waals surface area contributed by atoms with Crippen LogP contribution in [-0.4, -0.2) is 50.4 Å². The lowest BCUT2D eigenvalue weighted by atomic mass is 10.3. The van der Waals surface area contributed by atoms with E-state index in [9.17, 15) is 4.79 Å². The van der Waals surface area contributed by atoms with Gasteiger partial charge in [-0.25, -0.2) is 9.79 Å². The molecule has 0 N–H and O–H groups in total. The molecule has 0 amide bonds. The van der Waals surface area contributed by atoms with Crippen molar-refractivity contribution in [2.75, 3.05) is 27.9 Å². The monoisotopic (exact) mass is 197 g/mol. The minimum Gasteiger partial charge on any atom is -0.464 e. The molecule has 76 valence electrons. The summed E-state index contributed by atoms with van der Waals surface area (Å²) in [4.78, 5) is 18.8. The molecule has 1 rings (SSSR count). The molecule has 0 unspecified atom stereocenters. The molecule has 0 aromatic rings. The Bertz CT molecular complexity index is 318. The maximum atomic E-state index is 11.1. The second-order valence-electron chi connectivity index (χ2n) is 2.66. The van der Waals surface area contributed by atoms with Gasteiger partial charge in [0.25, 0.3) is 0 Å².